The molecule has 2 heteroatoms. The molecule has 94 valence electrons. The molecule has 17 heavy (non-hydrogen) atoms. The van der Waals surface area contributed by atoms with Crippen molar-refractivity contribution in [2.45, 2.75) is 45.7 Å². The van der Waals surface area contributed by atoms with Crippen LogP contribution in [0.15, 0.2) is 24.3 Å². The van der Waals surface area contributed by atoms with Crippen molar-refractivity contribution in [3.05, 3.63) is 29.8 Å². The minimum atomic E-state index is 0.181. The SMILES string of the molecule is Cc1ccc(N2CCC(C)NC(C)(C)C2)cc1. The molecular weight excluding hydrogens is 208 g/mol. The molecule has 1 atom stereocenters. The van der Waals surface area contributed by atoms with Crippen LogP contribution >= 0.6 is 0 Å². The number of nitrogens with zero attached hydrogens (tertiary/aromatic N) is 1. The van der Waals surface area contributed by atoms with Gasteiger partial charge in [0, 0.05) is 30.4 Å². The first kappa shape index (κ1) is 12.4. The van der Waals surface area contributed by atoms with Crippen molar-refractivity contribution >= 4 is 5.69 Å². The first-order valence-corrected chi connectivity index (χ1v) is 6.56. The predicted molar refractivity (Wildman–Crippen MR) is 74.7 cm³/mol. The van der Waals surface area contributed by atoms with E-state index in [9.17, 15) is 0 Å². The largest absolute Gasteiger partial charge is 0.370 e. The van der Waals surface area contributed by atoms with Crippen LogP contribution in [0.4, 0.5) is 5.69 Å². The average molecular weight is 232 g/mol. The lowest BCUT2D eigenvalue weighted by molar-refractivity contribution is 0.368. The van der Waals surface area contributed by atoms with Gasteiger partial charge in [0.2, 0.25) is 0 Å². The Morgan fingerprint density at radius 1 is 1.24 bits per heavy atom. The lowest BCUT2D eigenvalue weighted by Crippen LogP contribution is -2.48. The molecule has 1 aliphatic heterocycles. The van der Waals surface area contributed by atoms with Crippen molar-refractivity contribution in [3.8, 4) is 0 Å². The van der Waals surface area contributed by atoms with E-state index in [2.05, 4.69) is 62.2 Å². The fraction of sp³-hybridized carbons (Fsp3) is 0.600. The van der Waals surface area contributed by atoms with E-state index in [0.29, 0.717) is 6.04 Å². The van der Waals surface area contributed by atoms with Gasteiger partial charge >= 0.3 is 0 Å². The van der Waals surface area contributed by atoms with Crippen LogP contribution in [0.2, 0.25) is 0 Å². The number of hydrogen-bond donors (Lipinski definition) is 1. The summed E-state index contributed by atoms with van der Waals surface area (Å²) >= 11 is 0. The number of rotatable bonds is 1. The van der Waals surface area contributed by atoms with Crippen LogP contribution < -0.4 is 10.2 Å². The van der Waals surface area contributed by atoms with Gasteiger partial charge in [-0.15, -0.1) is 0 Å². The smallest absolute Gasteiger partial charge is 0.0367 e. The Bertz CT molecular complexity index is 367. The normalized spacial score (nSPS) is 24.5. The fourth-order valence-electron chi connectivity index (χ4n) is 2.67. The Hall–Kier alpha value is -1.02. The van der Waals surface area contributed by atoms with Crippen LogP contribution in [0.1, 0.15) is 32.8 Å². The van der Waals surface area contributed by atoms with E-state index in [1.807, 2.05) is 0 Å². The standard InChI is InChI=1S/C15H24N2/c1-12-5-7-14(8-6-12)17-10-9-13(2)16-15(3,4)11-17/h5-8,13,16H,9-11H2,1-4H3. The second-order valence-electron chi connectivity index (χ2n) is 5.98. The summed E-state index contributed by atoms with van der Waals surface area (Å²) in [4.78, 5) is 2.50. The van der Waals surface area contributed by atoms with Gasteiger partial charge in [0.25, 0.3) is 0 Å². The highest BCUT2D eigenvalue weighted by molar-refractivity contribution is 5.48. The Balaban J connectivity index is 2.17. The van der Waals surface area contributed by atoms with E-state index in [-0.39, 0.29) is 5.54 Å². The summed E-state index contributed by atoms with van der Waals surface area (Å²) in [6.45, 7) is 11.2. The molecule has 1 saturated heterocycles. The van der Waals surface area contributed by atoms with Crippen molar-refractivity contribution in [3.63, 3.8) is 0 Å². The van der Waals surface area contributed by atoms with Crippen molar-refractivity contribution in [2.24, 2.45) is 0 Å². The highest BCUT2D eigenvalue weighted by Crippen LogP contribution is 2.21. The van der Waals surface area contributed by atoms with E-state index in [1.165, 1.54) is 17.7 Å². The number of anilines is 1. The predicted octanol–water partition coefficient (Wildman–Crippen LogP) is 2.96. The maximum Gasteiger partial charge on any atom is 0.0367 e. The highest BCUT2D eigenvalue weighted by atomic mass is 15.2. The van der Waals surface area contributed by atoms with Crippen LogP contribution in [0.3, 0.4) is 0 Å². The molecule has 0 bridgehead atoms. The molecule has 0 spiro atoms. The third-order valence-electron chi connectivity index (χ3n) is 3.45. The number of aryl methyl sites for hydroxylation is 1. The summed E-state index contributed by atoms with van der Waals surface area (Å²) in [5.74, 6) is 0. The van der Waals surface area contributed by atoms with Gasteiger partial charge in [0.1, 0.15) is 0 Å². The summed E-state index contributed by atoms with van der Waals surface area (Å²) < 4.78 is 0. The molecule has 0 saturated carbocycles. The van der Waals surface area contributed by atoms with E-state index in [0.717, 1.165) is 13.1 Å². The van der Waals surface area contributed by atoms with Gasteiger partial charge in [0.15, 0.2) is 0 Å². The lowest BCUT2D eigenvalue weighted by atomic mass is 10.0. The Kier molecular flexibility index (Phi) is 3.43. The van der Waals surface area contributed by atoms with Gasteiger partial charge in [-0.3, -0.25) is 0 Å². The molecule has 1 heterocycles. The molecule has 1 unspecified atom stereocenters. The maximum absolute atomic E-state index is 3.69. The molecule has 1 fully saturated rings. The Morgan fingerprint density at radius 2 is 1.88 bits per heavy atom. The minimum Gasteiger partial charge on any atom is -0.370 e. The van der Waals surface area contributed by atoms with Crippen molar-refractivity contribution in [2.75, 3.05) is 18.0 Å². The summed E-state index contributed by atoms with van der Waals surface area (Å²) in [5, 5.41) is 3.69. The maximum atomic E-state index is 3.69. The average Bonchev–Trinajstić information content (AvgIpc) is 2.37. The quantitative estimate of drug-likeness (QED) is 0.801. The van der Waals surface area contributed by atoms with E-state index < -0.39 is 0 Å². The summed E-state index contributed by atoms with van der Waals surface area (Å²) in [5.41, 5.74) is 2.86. The van der Waals surface area contributed by atoms with Crippen molar-refractivity contribution in [1.29, 1.82) is 0 Å². The van der Waals surface area contributed by atoms with Gasteiger partial charge in [-0.25, -0.2) is 0 Å². The van der Waals surface area contributed by atoms with Crippen LogP contribution in [0, 0.1) is 6.92 Å². The molecule has 0 aliphatic carbocycles. The van der Waals surface area contributed by atoms with Crippen LogP contribution in [0.25, 0.3) is 0 Å². The Morgan fingerprint density at radius 3 is 2.53 bits per heavy atom. The van der Waals surface area contributed by atoms with Crippen LogP contribution in [-0.4, -0.2) is 24.7 Å². The zero-order valence-electron chi connectivity index (χ0n) is 11.5. The third-order valence-corrected chi connectivity index (χ3v) is 3.45. The van der Waals surface area contributed by atoms with Gasteiger partial charge in [-0.1, -0.05) is 17.7 Å². The fourth-order valence-corrected chi connectivity index (χ4v) is 2.67. The van der Waals surface area contributed by atoms with Gasteiger partial charge < -0.3 is 10.2 Å². The van der Waals surface area contributed by atoms with Gasteiger partial charge in [0.05, 0.1) is 0 Å². The lowest BCUT2D eigenvalue weighted by Gasteiger charge is -2.32. The number of nitrogens with one attached hydrogen (secondary N) is 1. The molecule has 1 aromatic carbocycles. The molecule has 1 aliphatic rings. The van der Waals surface area contributed by atoms with E-state index in [1.54, 1.807) is 0 Å². The molecule has 1 aromatic rings. The summed E-state index contributed by atoms with van der Waals surface area (Å²) in [6, 6.07) is 9.47. The molecule has 0 aromatic heterocycles. The number of hydrogen-bond acceptors (Lipinski definition) is 2. The molecule has 0 amide bonds. The van der Waals surface area contributed by atoms with Gasteiger partial charge in [-0.05, 0) is 46.2 Å². The van der Waals surface area contributed by atoms with E-state index >= 15 is 0 Å². The topological polar surface area (TPSA) is 15.3 Å². The zero-order valence-corrected chi connectivity index (χ0v) is 11.5. The van der Waals surface area contributed by atoms with Gasteiger partial charge in [-0.2, -0.15) is 0 Å². The highest BCUT2D eigenvalue weighted by Gasteiger charge is 2.27. The molecule has 2 nitrogen and oxygen atoms in total. The Labute approximate surface area is 105 Å². The number of benzene rings is 1. The van der Waals surface area contributed by atoms with Crippen molar-refractivity contribution in [1.82, 2.24) is 5.32 Å². The summed E-state index contributed by atoms with van der Waals surface area (Å²) in [7, 11) is 0. The van der Waals surface area contributed by atoms with Crippen LogP contribution in [0.5, 0.6) is 0 Å². The molecule has 1 N–H and O–H groups in total. The van der Waals surface area contributed by atoms with Crippen molar-refractivity contribution < 1.29 is 0 Å². The second-order valence-corrected chi connectivity index (χ2v) is 5.98. The monoisotopic (exact) mass is 232 g/mol. The summed E-state index contributed by atoms with van der Waals surface area (Å²) in [6.07, 6.45) is 1.21. The minimum absolute atomic E-state index is 0.181. The molecule has 0 radical (unpaired) electrons. The first-order chi connectivity index (χ1) is 7.96. The molecular formula is C15H24N2. The second kappa shape index (κ2) is 4.69. The zero-order chi connectivity index (χ0) is 12.5. The van der Waals surface area contributed by atoms with Crippen LogP contribution in [-0.2, 0) is 0 Å². The third kappa shape index (κ3) is 3.22. The van der Waals surface area contributed by atoms with E-state index in [4.69, 9.17) is 0 Å². The first-order valence-electron chi connectivity index (χ1n) is 6.56. The molecule has 2 rings (SSSR count).